The van der Waals surface area contributed by atoms with Crippen molar-refractivity contribution in [1.82, 2.24) is 10.1 Å². The van der Waals surface area contributed by atoms with Crippen molar-refractivity contribution < 1.29 is 19.2 Å². The number of ketones is 1. The number of benzene rings is 2. The van der Waals surface area contributed by atoms with Crippen LogP contribution >= 0.6 is 0 Å². The van der Waals surface area contributed by atoms with Crippen LogP contribution in [0.4, 0.5) is 0 Å². The molecule has 0 aliphatic carbocycles. The van der Waals surface area contributed by atoms with Gasteiger partial charge in [-0.2, -0.15) is 4.98 Å². The highest BCUT2D eigenvalue weighted by molar-refractivity contribution is 6.09. The maximum Gasteiger partial charge on any atom is 0.264 e. The van der Waals surface area contributed by atoms with Gasteiger partial charge in [0.2, 0.25) is 5.82 Å². The maximum absolute atomic E-state index is 12.2. The maximum atomic E-state index is 12.2. The highest BCUT2D eigenvalue weighted by Crippen LogP contribution is 2.26. The molecule has 0 aliphatic heterocycles. The SMILES string of the molecule is C=C(C)C(=O)c1ccc(OCc2nc(-c3ccc(O)cc3)no2)c(C)c1C. The normalized spacial score (nSPS) is 10.6. The van der Waals surface area contributed by atoms with Crippen molar-refractivity contribution in [3.8, 4) is 22.9 Å². The van der Waals surface area contributed by atoms with E-state index in [1.807, 2.05) is 13.8 Å². The van der Waals surface area contributed by atoms with Crippen LogP contribution in [0, 0.1) is 13.8 Å². The van der Waals surface area contributed by atoms with Gasteiger partial charge in [-0.15, -0.1) is 0 Å². The monoisotopic (exact) mass is 364 g/mol. The molecule has 0 spiro atoms. The van der Waals surface area contributed by atoms with E-state index in [1.165, 1.54) is 0 Å². The Morgan fingerprint density at radius 2 is 1.85 bits per heavy atom. The predicted molar refractivity (Wildman–Crippen MR) is 101 cm³/mol. The molecule has 27 heavy (non-hydrogen) atoms. The average molecular weight is 364 g/mol. The van der Waals surface area contributed by atoms with E-state index >= 15 is 0 Å². The van der Waals surface area contributed by atoms with Crippen LogP contribution in [0.1, 0.15) is 34.3 Å². The number of carbonyl (C=O) groups is 1. The lowest BCUT2D eigenvalue weighted by atomic mass is 9.96. The molecule has 0 atom stereocenters. The van der Waals surface area contributed by atoms with E-state index in [2.05, 4.69) is 16.7 Å². The fourth-order valence-electron chi connectivity index (χ4n) is 2.61. The standard InChI is InChI=1S/C21H20N2O4/c1-12(2)20(25)17-9-10-18(14(4)13(17)3)26-11-19-22-21(23-27-19)15-5-7-16(24)8-6-15/h5-10,24H,1,11H2,2-4H3. The second-order valence-electron chi connectivity index (χ2n) is 6.32. The van der Waals surface area contributed by atoms with Crippen LogP contribution in [-0.2, 0) is 6.61 Å². The fraction of sp³-hybridized carbons (Fsp3) is 0.190. The van der Waals surface area contributed by atoms with Gasteiger partial charge < -0.3 is 14.4 Å². The first kappa shape index (κ1) is 18.4. The molecule has 1 heterocycles. The number of hydrogen-bond acceptors (Lipinski definition) is 6. The number of allylic oxidation sites excluding steroid dienone is 1. The third kappa shape index (κ3) is 3.89. The molecule has 0 aliphatic rings. The molecule has 3 rings (SSSR count). The van der Waals surface area contributed by atoms with E-state index in [1.54, 1.807) is 43.3 Å². The molecule has 0 fully saturated rings. The molecule has 1 N–H and O–H groups in total. The van der Waals surface area contributed by atoms with Crippen LogP contribution in [-0.4, -0.2) is 21.0 Å². The van der Waals surface area contributed by atoms with Gasteiger partial charge in [-0.25, -0.2) is 0 Å². The third-order valence-corrected chi connectivity index (χ3v) is 4.31. The molecule has 0 saturated heterocycles. The number of nitrogens with zero attached hydrogens (tertiary/aromatic N) is 2. The van der Waals surface area contributed by atoms with Gasteiger partial charge in [-0.3, -0.25) is 4.79 Å². The minimum absolute atomic E-state index is 0.0717. The number of Topliss-reactive ketones (excluding diaryl/α,β-unsaturated/α-hetero) is 1. The van der Waals surface area contributed by atoms with Crippen LogP contribution in [0.15, 0.2) is 53.1 Å². The zero-order valence-corrected chi connectivity index (χ0v) is 15.4. The molecule has 0 bridgehead atoms. The highest BCUT2D eigenvalue weighted by Gasteiger charge is 2.15. The summed E-state index contributed by atoms with van der Waals surface area (Å²) in [7, 11) is 0. The molecule has 6 nitrogen and oxygen atoms in total. The third-order valence-electron chi connectivity index (χ3n) is 4.31. The Bertz CT molecular complexity index is 1000. The largest absolute Gasteiger partial charge is 0.508 e. The van der Waals surface area contributed by atoms with E-state index in [0.29, 0.717) is 28.6 Å². The van der Waals surface area contributed by atoms with Crippen LogP contribution in [0.25, 0.3) is 11.4 Å². The van der Waals surface area contributed by atoms with Crippen LogP contribution in [0.2, 0.25) is 0 Å². The van der Waals surface area contributed by atoms with Crippen molar-refractivity contribution in [2.24, 2.45) is 0 Å². The van der Waals surface area contributed by atoms with Gasteiger partial charge in [-0.1, -0.05) is 11.7 Å². The first-order chi connectivity index (χ1) is 12.9. The smallest absolute Gasteiger partial charge is 0.264 e. The second-order valence-corrected chi connectivity index (χ2v) is 6.32. The number of carbonyl (C=O) groups excluding carboxylic acids is 1. The van der Waals surface area contributed by atoms with E-state index in [-0.39, 0.29) is 18.1 Å². The fourth-order valence-corrected chi connectivity index (χ4v) is 2.61. The zero-order chi connectivity index (χ0) is 19.6. The quantitative estimate of drug-likeness (QED) is 0.515. The first-order valence-corrected chi connectivity index (χ1v) is 8.42. The Kier molecular flexibility index (Phi) is 5.07. The summed E-state index contributed by atoms with van der Waals surface area (Å²) in [4.78, 5) is 16.5. The summed E-state index contributed by atoms with van der Waals surface area (Å²) in [6, 6.07) is 10.0. The molecular formula is C21H20N2O4. The zero-order valence-electron chi connectivity index (χ0n) is 15.4. The van der Waals surface area contributed by atoms with E-state index < -0.39 is 0 Å². The molecule has 3 aromatic rings. The summed E-state index contributed by atoms with van der Waals surface area (Å²) in [5.74, 6) is 1.50. The van der Waals surface area contributed by atoms with E-state index in [4.69, 9.17) is 9.26 Å². The van der Waals surface area contributed by atoms with Gasteiger partial charge in [0.1, 0.15) is 11.5 Å². The lowest BCUT2D eigenvalue weighted by Crippen LogP contribution is -2.05. The van der Waals surface area contributed by atoms with Gasteiger partial charge in [0.15, 0.2) is 12.4 Å². The predicted octanol–water partition coefficient (Wildman–Crippen LogP) is 4.40. The first-order valence-electron chi connectivity index (χ1n) is 8.42. The number of aromatic hydroxyl groups is 1. The molecule has 2 aromatic carbocycles. The Balaban J connectivity index is 1.74. The summed E-state index contributed by atoms with van der Waals surface area (Å²) in [6.45, 7) is 9.30. The van der Waals surface area contributed by atoms with Crippen molar-refractivity contribution in [2.75, 3.05) is 0 Å². The van der Waals surface area contributed by atoms with Crippen LogP contribution in [0.3, 0.4) is 0 Å². The number of phenols is 1. The van der Waals surface area contributed by atoms with Crippen molar-refractivity contribution in [1.29, 1.82) is 0 Å². The molecule has 0 radical (unpaired) electrons. The van der Waals surface area contributed by atoms with Crippen molar-refractivity contribution in [3.63, 3.8) is 0 Å². The molecule has 6 heteroatoms. The van der Waals surface area contributed by atoms with Gasteiger partial charge >= 0.3 is 0 Å². The molecule has 0 unspecified atom stereocenters. The number of hydrogen-bond donors (Lipinski definition) is 1. The van der Waals surface area contributed by atoms with Gasteiger partial charge in [0, 0.05) is 11.1 Å². The molecule has 0 amide bonds. The van der Waals surface area contributed by atoms with Crippen LogP contribution in [0.5, 0.6) is 11.5 Å². The minimum atomic E-state index is -0.0717. The Morgan fingerprint density at radius 3 is 2.52 bits per heavy atom. The highest BCUT2D eigenvalue weighted by atomic mass is 16.5. The Labute approximate surface area is 157 Å². The van der Waals surface area contributed by atoms with E-state index in [0.717, 1.165) is 16.7 Å². The lowest BCUT2D eigenvalue weighted by molar-refractivity contribution is 0.103. The van der Waals surface area contributed by atoms with Crippen molar-refractivity contribution >= 4 is 5.78 Å². The molecular weight excluding hydrogens is 344 g/mol. The Hall–Kier alpha value is -3.41. The Morgan fingerprint density at radius 1 is 1.15 bits per heavy atom. The minimum Gasteiger partial charge on any atom is -0.508 e. The van der Waals surface area contributed by atoms with Crippen LogP contribution < -0.4 is 4.74 Å². The summed E-state index contributed by atoms with van der Waals surface area (Å²) < 4.78 is 11.0. The summed E-state index contributed by atoms with van der Waals surface area (Å²) in [6.07, 6.45) is 0. The van der Waals surface area contributed by atoms with Crippen molar-refractivity contribution in [2.45, 2.75) is 27.4 Å². The number of rotatable bonds is 6. The summed E-state index contributed by atoms with van der Waals surface area (Å²) in [5, 5.41) is 13.3. The van der Waals surface area contributed by atoms with Crippen molar-refractivity contribution in [3.05, 3.63) is 71.1 Å². The average Bonchev–Trinajstić information content (AvgIpc) is 3.12. The number of ether oxygens (including phenoxy) is 1. The van der Waals surface area contributed by atoms with Gasteiger partial charge in [0.05, 0.1) is 0 Å². The summed E-state index contributed by atoms with van der Waals surface area (Å²) >= 11 is 0. The van der Waals surface area contributed by atoms with Gasteiger partial charge in [-0.05, 0) is 73.9 Å². The number of phenolic OH excluding ortho intramolecular Hbond substituents is 1. The number of aromatic nitrogens is 2. The van der Waals surface area contributed by atoms with E-state index in [9.17, 15) is 9.90 Å². The molecule has 1 aromatic heterocycles. The molecule has 138 valence electrons. The molecule has 0 saturated carbocycles. The summed E-state index contributed by atoms with van der Waals surface area (Å²) in [5.41, 5.74) is 3.59. The topological polar surface area (TPSA) is 85.5 Å². The lowest BCUT2D eigenvalue weighted by Gasteiger charge is -2.13. The van der Waals surface area contributed by atoms with Gasteiger partial charge in [0.25, 0.3) is 5.89 Å². The second kappa shape index (κ2) is 7.45.